The summed E-state index contributed by atoms with van der Waals surface area (Å²) in [6.45, 7) is 6.57. The molecule has 4 aliphatic rings. The summed E-state index contributed by atoms with van der Waals surface area (Å²) in [5.74, 6) is 1.41. The molecule has 1 atom stereocenters. The second-order valence-electron chi connectivity index (χ2n) is 14.4. The lowest BCUT2D eigenvalue weighted by Gasteiger charge is -2.47. The van der Waals surface area contributed by atoms with E-state index in [2.05, 4.69) is 32.6 Å². The van der Waals surface area contributed by atoms with E-state index < -0.39 is 6.23 Å². The number of hydrogen-bond acceptors (Lipinski definition) is 9. The molecule has 0 bridgehead atoms. The maximum absolute atomic E-state index is 11.8. The van der Waals surface area contributed by atoms with E-state index in [4.69, 9.17) is 42.6 Å². The molecule has 10 nitrogen and oxygen atoms in total. The largest absolute Gasteiger partial charge is 0.496 e. The van der Waals surface area contributed by atoms with Gasteiger partial charge in [-0.1, -0.05) is 71.7 Å². The fourth-order valence-electron chi connectivity index (χ4n) is 8.33. The number of hydrogen-bond donors (Lipinski definition) is 3. The number of ether oxygens (including phenoxy) is 2. The molecule has 3 aromatic carbocycles. The van der Waals surface area contributed by atoms with Crippen LogP contribution in [0, 0.1) is 10.8 Å². The molecule has 1 unspecified atom stereocenters. The number of carbonyl (C=O) groups excluding carboxylic acids is 1. The number of carbonyl (C=O) groups is 1. The number of methoxy groups -OCH3 is 2. The number of benzene rings is 3. The van der Waals surface area contributed by atoms with Crippen LogP contribution in [0.2, 0.25) is 10.0 Å². The zero-order valence-electron chi connectivity index (χ0n) is 28.1. The number of aromatic nitrogens is 2. The van der Waals surface area contributed by atoms with Crippen LogP contribution < -0.4 is 20.1 Å². The summed E-state index contributed by atoms with van der Waals surface area (Å²) in [6, 6.07) is 18.0. The van der Waals surface area contributed by atoms with Crippen molar-refractivity contribution >= 4 is 29.1 Å². The van der Waals surface area contributed by atoms with Crippen molar-refractivity contribution in [2.45, 2.75) is 32.2 Å². The molecule has 4 fully saturated rings. The van der Waals surface area contributed by atoms with E-state index in [0.29, 0.717) is 34.6 Å². The van der Waals surface area contributed by atoms with Crippen LogP contribution in [0.1, 0.15) is 24.1 Å². The van der Waals surface area contributed by atoms with Crippen molar-refractivity contribution in [2.24, 2.45) is 10.8 Å². The van der Waals surface area contributed by atoms with Crippen molar-refractivity contribution in [3.8, 4) is 45.1 Å². The zero-order valence-corrected chi connectivity index (χ0v) is 29.7. The van der Waals surface area contributed by atoms with Gasteiger partial charge < -0.3 is 19.9 Å². The van der Waals surface area contributed by atoms with Gasteiger partial charge in [0.2, 0.25) is 11.8 Å². The van der Waals surface area contributed by atoms with Crippen LogP contribution in [0.5, 0.6) is 11.6 Å². The molecule has 4 saturated heterocycles. The van der Waals surface area contributed by atoms with Gasteiger partial charge in [-0.25, -0.2) is 4.98 Å². The molecule has 1 amide bonds. The van der Waals surface area contributed by atoms with Gasteiger partial charge >= 0.3 is 0 Å². The van der Waals surface area contributed by atoms with Crippen LogP contribution in [0.4, 0.5) is 0 Å². The molecule has 5 heterocycles. The molecule has 0 radical (unpaired) electrons. The summed E-state index contributed by atoms with van der Waals surface area (Å²) in [4.78, 5) is 26.0. The number of halogens is 2. The topological polar surface area (TPSA) is 112 Å². The standard InChI is InChI=1S/C38H40Cl2N6O4/c1-49-31-11-23(9-10-24(31)15-45-19-37(20-45)12-32(47)42-17-37)25-5-3-6-26(34(25)39)27-7-4-8-28(35(27)40)29-14-41-30(36(44-29)50-2)16-46-21-38(22-46)13-33(48)43-18-38/h3-11,14,33,43,48H,12-13,15-22H2,1-2H3,(H,42,47). The molecule has 4 aromatic rings. The predicted octanol–water partition coefficient (Wildman–Crippen LogP) is 5.24. The quantitative estimate of drug-likeness (QED) is 0.215. The number of nitrogens with one attached hydrogen (secondary N) is 2. The first-order valence-corrected chi connectivity index (χ1v) is 17.7. The Hall–Kier alpha value is -3.77. The smallest absolute Gasteiger partial charge is 0.237 e. The van der Waals surface area contributed by atoms with Crippen LogP contribution >= 0.6 is 23.2 Å². The molecule has 260 valence electrons. The summed E-state index contributed by atoms with van der Waals surface area (Å²) in [6.07, 6.45) is 2.71. The van der Waals surface area contributed by atoms with Crippen LogP contribution in [-0.2, 0) is 17.9 Å². The third kappa shape index (κ3) is 6.12. The fourth-order valence-corrected chi connectivity index (χ4v) is 8.99. The second-order valence-corrected chi connectivity index (χ2v) is 15.2. The first kappa shape index (κ1) is 33.4. The summed E-state index contributed by atoms with van der Waals surface area (Å²) < 4.78 is 11.5. The SMILES string of the molecule is COc1cc(-c2cccc(-c3cccc(-c4cnc(CN5CC6(CNC(O)C6)C5)c(OC)n4)c3Cl)c2Cl)ccc1CN1CC2(CNC(=O)C2)C1. The van der Waals surface area contributed by atoms with Crippen LogP contribution in [0.15, 0.2) is 60.8 Å². The fraction of sp³-hybridized carbons (Fsp3) is 0.395. The molecular formula is C38H40Cl2N6O4. The van der Waals surface area contributed by atoms with Crippen LogP contribution in [0.25, 0.3) is 33.5 Å². The minimum absolute atomic E-state index is 0.0797. The third-order valence-electron chi connectivity index (χ3n) is 10.7. The van der Waals surface area contributed by atoms with Crippen molar-refractivity contribution in [3.63, 3.8) is 0 Å². The van der Waals surface area contributed by atoms with Gasteiger partial charge in [0.25, 0.3) is 0 Å². The maximum Gasteiger partial charge on any atom is 0.237 e. The normalized spacial score (nSPS) is 20.9. The monoisotopic (exact) mass is 714 g/mol. The summed E-state index contributed by atoms with van der Waals surface area (Å²) in [5.41, 5.74) is 6.81. The van der Waals surface area contributed by atoms with Gasteiger partial charge in [-0.3, -0.25) is 24.9 Å². The van der Waals surface area contributed by atoms with Crippen molar-refractivity contribution in [3.05, 3.63) is 82.1 Å². The van der Waals surface area contributed by atoms with Gasteiger partial charge in [0, 0.05) is 97.4 Å². The Morgan fingerprint density at radius 1 is 0.880 bits per heavy atom. The number of amides is 1. The van der Waals surface area contributed by atoms with Gasteiger partial charge in [0.05, 0.1) is 36.2 Å². The van der Waals surface area contributed by atoms with E-state index in [0.717, 1.165) is 97.1 Å². The van der Waals surface area contributed by atoms with Crippen molar-refractivity contribution in [1.29, 1.82) is 0 Å². The van der Waals surface area contributed by atoms with Crippen LogP contribution in [-0.4, -0.2) is 90.5 Å². The molecule has 50 heavy (non-hydrogen) atoms. The first-order valence-electron chi connectivity index (χ1n) is 16.9. The minimum atomic E-state index is -0.419. The Bertz CT molecular complexity index is 1960. The number of aliphatic hydroxyl groups is 1. The highest BCUT2D eigenvalue weighted by atomic mass is 35.5. The Morgan fingerprint density at radius 2 is 1.56 bits per heavy atom. The summed E-state index contributed by atoms with van der Waals surface area (Å²) in [5, 5.41) is 17.1. The van der Waals surface area contributed by atoms with E-state index in [1.54, 1.807) is 20.4 Å². The molecule has 12 heteroatoms. The van der Waals surface area contributed by atoms with E-state index in [1.165, 1.54) is 0 Å². The van der Waals surface area contributed by atoms with Gasteiger partial charge in [-0.05, 0) is 18.1 Å². The Morgan fingerprint density at radius 3 is 2.22 bits per heavy atom. The van der Waals surface area contributed by atoms with Crippen molar-refractivity contribution in [2.75, 3.05) is 53.5 Å². The molecule has 0 aliphatic carbocycles. The number of nitrogens with zero attached hydrogens (tertiary/aromatic N) is 4. The van der Waals surface area contributed by atoms with E-state index in [-0.39, 0.29) is 16.7 Å². The highest BCUT2D eigenvalue weighted by molar-refractivity contribution is 6.39. The molecule has 3 N–H and O–H groups in total. The average Bonchev–Trinajstić information content (AvgIpc) is 3.68. The first-order chi connectivity index (χ1) is 24.2. The van der Waals surface area contributed by atoms with E-state index in [1.807, 2.05) is 42.5 Å². The summed E-state index contributed by atoms with van der Waals surface area (Å²) in [7, 11) is 3.29. The molecule has 2 spiro atoms. The lowest BCUT2D eigenvalue weighted by molar-refractivity contribution is -0.120. The Labute approximate surface area is 301 Å². The van der Waals surface area contributed by atoms with E-state index >= 15 is 0 Å². The Balaban J connectivity index is 1.01. The zero-order chi connectivity index (χ0) is 34.6. The average molecular weight is 716 g/mol. The van der Waals surface area contributed by atoms with Crippen molar-refractivity contribution in [1.82, 2.24) is 30.4 Å². The van der Waals surface area contributed by atoms with Crippen molar-refractivity contribution < 1.29 is 19.4 Å². The maximum atomic E-state index is 11.8. The van der Waals surface area contributed by atoms with Gasteiger partial charge in [0.1, 0.15) is 17.7 Å². The highest BCUT2D eigenvalue weighted by Gasteiger charge is 2.49. The molecule has 4 aliphatic heterocycles. The molecule has 8 rings (SSSR count). The highest BCUT2D eigenvalue weighted by Crippen LogP contribution is 2.44. The van der Waals surface area contributed by atoms with Gasteiger partial charge in [-0.2, -0.15) is 0 Å². The number of aliphatic hydroxyl groups excluding tert-OH is 1. The number of likely N-dealkylation sites (tertiary alicyclic amines) is 2. The van der Waals surface area contributed by atoms with Gasteiger partial charge in [0.15, 0.2) is 0 Å². The molecular weight excluding hydrogens is 675 g/mol. The molecule has 0 saturated carbocycles. The minimum Gasteiger partial charge on any atom is -0.496 e. The Kier molecular flexibility index (Phi) is 8.74. The molecule has 1 aromatic heterocycles. The summed E-state index contributed by atoms with van der Waals surface area (Å²) >= 11 is 14.3. The predicted molar refractivity (Wildman–Crippen MR) is 193 cm³/mol. The third-order valence-corrected chi connectivity index (χ3v) is 11.5. The van der Waals surface area contributed by atoms with E-state index in [9.17, 15) is 9.90 Å². The number of rotatable bonds is 9. The van der Waals surface area contributed by atoms with Crippen LogP contribution in [0.3, 0.4) is 0 Å². The van der Waals surface area contributed by atoms with Gasteiger partial charge in [-0.15, -0.1) is 0 Å². The lowest BCUT2D eigenvalue weighted by Crippen LogP contribution is -2.56. The second kappa shape index (κ2) is 13.1. The lowest BCUT2D eigenvalue weighted by atomic mass is 9.79.